The van der Waals surface area contributed by atoms with E-state index >= 15 is 0 Å². The average Bonchev–Trinajstić information content (AvgIpc) is 0.918. The minimum atomic E-state index is 0. The van der Waals surface area contributed by atoms with Gasteiger partial charge in [-0.1, -0.05) is 0 Å². The van der Waals surface area contributed by atoms with E-state index < -0.39 is 0 Å². The summed E-state index contributed by atoms with van der Waals surface area (Å²) >= 11 is 0. The molecule has 0 unspecified atom stereocenters. The van der Waals surface area contributed by atoms with Gasteiger partial charge < -0.3 is 0 Å². The molecule has 0 saturated heterocycles. The van der Waals surface area contributed by atoms with E-state index in [2.05, 4.69) is 0 Å². The maximum absolute atomic E-state index is 8.12. The van der Waals surface area contributed by atoms with Crippen LogP contribution in [0.15, 0.2) is 0 Å². The van der Waals surface area contributed by atoms with E-state index in [-0.39, 0.29) is 22.9 Å². The first-order chi connectivity index (χ1) is 1.41. The van der Waals surface area contributed by atoms with Crippen LogP contribution in [-0.2, 0) is 26.4 Å². The third-order valence-electron chi connectivity index (χ3n) is 0. The standard InChI is InChI=1S/CO2.Co/c2-1-3;. The Balaban J connectivity index is 0. The van der Waals surface area contributed by atoms with Gasteiger partial charge in [0.2, 0.25) is 0 Å². The van der Waals surface area contributed by atoms with Gasteiger partial charge in [-0.25, -0.2) is 0 Å². The first-order valence-electron chi connectivity index (χ1n) is 0.408. The Morgan fingerprint density at radius 3 is 1.25 bits per heavy atom. The van der Waals surface area contributed by atoms with Crippen molar-refractivity contribution in [2.45, 2.75) is 0 Å². The third-order valence-corrected chi connectivity index (χ3v) is 0. The molecular weight excluding hydrogens is 103 g/mol. The molecule has 4 heavy (non-hydrogen) atoms. The molecule has 0 saturated carbocycles. The fourth-order valence-corrected chi connectivity index (χ4v) is 0. The summed E-state index contributed by atoms with van der Waals surface area (Å²) in [5.74, 6) is 0. The molecule has 0 spiro atoms. The van der Waals surface area contributed by atoms with Crippen molar-refractivity contribution >= 4 is 6.15 Å². The smallest absolute Gasteiger partial charge is 0.186 e. The van der Waals surface area contributed by atoms with Gasteiger partial charge in [-0.15, -0.1) is 0 Å². The van der Waals surface area contributed by atoms with Crippen molar-refractivity contribution in [2.24, 2.45) is 0 Å². The first kappa shape index (κ1) is 9.10. The number of carbonyl (C=O) groups excluding carboxylic acids is 2. The molecule has 3 heteroatoms. The van der Waals surface area contributed by atoms with Crippen molar-refractivity contribution in [1.29, 1.82) is 0 Å². The molecule has 0 fully saturated rings. The zero-order valence-corrected chi connectivity index (χ0v) is 2.69. The Morgan fingerprint density at radius 1 is 1.25 bits per heavy atom. The predicted molar refractivity (Wildman–Crippen MR) is 5.01 cm³/mol. The minimum absolute atomic E-state index is 0. The largest absolute Gasteiger partial charge is 0.373 e. The van der Waals surface area contributed by atoms with Gasteiger partial charge >= 0.3 is 6.15 Å². The molecule has 25 valence electrons. The molecule has 0 aromatic heterocycles. The van der Waals surface area contributed by atoms with Crippen molar-refractivity contribution < 1.29 is 26.4 Å². The van der Waals surface area contributed by atoms with Crippen molar-refractivity contribution in [3.8, 4) is 0 Å². The van der Waals surface area contributed by atoms with Crippen LogP contribution in [0.5, 0.6) is 0 Å². The van der Waals surface area contributed by atoms with E-state index in [1.807, 2.05) is 0 Å². The topological polar surface area (TPSA) is 34.1 Å². The summed E-state index contributed by atoms with van der Waals surface area (Å²) in [6.07, 6.45) is 0.250. The summed E-state index contributed by atoms with van der Waals surface area (Å²) in [4.78, 5) is 16.2. The Morgan fingerprint density at radius 2 is 1.25 bits per heavy atom. The molecule has 1 radical (unpaired) electrons. The summed E-state index contributed by atoms with van der Waals surface area (Å²) in [5, 5.41) is 0. The number of hydrogen-bond donors (Lipinski definition) is 0. The van der Waals surface area contributed by atoms with E-state index in [1.165, 1.54) is 0 Å². The molecule has 0 aliphatic heterocycles. The van der Waals surface area contributed by atoms with E-state index in [0.717, 1.165) is 0 Å². The molecule has 0 aliphatic carbocycles. The van der Waals surface area contributed by atoms with Gasteiger partial charge in [0.25, 0.3) is 0 Å². The minimum Gasteiger partial charge on any atom is -0.186 e. The molecular formula is CCoO2. The first-order valence-corrected chi connectivity index (χ1v) is 0.408. The Labute approximate surface area is 33.4 Å². The van der Waals surface area contributed by atoms with Gasteiger partial charge in [-0.3, -0.25) is 0 Å². The van der Waals surface area contributed by atoms with Gasteiger partial charge in [0.05, 0.1) is 0 Å². The van der Waals surface area contributed by atoms with Crippen molar-refractivity contribution in [3.63, 3.8) is 0 Å². The van der Waals surface area contributed by atoms with E-state index in [4.69, 9.17) is 9.59 Å². The molecule has 0 heterocycles. The molecule has 0 aromatic carbocycles. The summed E-state index contributed by atoms with van der Waals surface area (Å²) in [6.45, 7) is 0. The van der Waals surface area contributed by atoms with Crippen LogP contribution in [0.25, 0.3) is 0 Å². The second-order valence-electron chi connectivity index (χ2n) is 0.0833. The van der Waals surface area contributed by atoms with Gasteiger partial charge in [0.1, 0.15) is 0 Å². The summed E-state index contributed by atoms with van der Waals surface area (Å²) in [6, 6.07) is 0. The maximum atomic E-state index is 8.12. The van der Waals surface area contributed by atoms with Crippen LogP contribution >= 0.6 is 0 Å². The molecule has 0 aromatic rings. The number of hydrogen-bond acceptors (Lipinski definition) is 2. The SMILES string of the molecule is O=C=O.[Co]. The van der Waals surface area contributed by atoms with Gasteiger partial charge in [-0.05, 0) is 0 Å². The summed E-state index contributed by atoms with van der Waals surface area (Å²) in [7, 11) is 0. The molecule has 0 N–H and O–H groups in total. The van der Waals surface area contributed by atoms with Gasteiger partial charge in [0, 0.05) is 16.8 Å². The van der Waals surface area contributed by atoms with E-state index in [9.17, 15) is 0 Å². The van der Waals surface area contributed by atoms with Crippen LogP contribution in [0.2, 0.25) is 0 Å². The molecule has 0 rings (SSSR count). The normalized spacial score (nSPS) is 2.00. The van der Waals surface area contributed by atoms with Crippen LogP contribution in [0.3, 0.4) is 0 Å². The fraction of sp³-hybridized carbons (Fsp3) is 0. The van der Waals surface area contributed by atoms with E-state index in [0.29, 0.717) is 0 Å². The van der Waals surface area contributed by atoms with Crippen LogP contribution in [0, 0.1) is 0 Å². The Hall–Kier alpha value is -0.114. The molecule has 0 aliphatic rings. The summed E-state index contributed by atoms with van der Waals surface area (Å²) < 4.78 is 0. The molecule has 0 bridgehead atoms. The van der Waals surface area contributed by atoms with Crippen LogP contribution in [-0.4, -0.2) is 6.15 Å². The number of rotatable bonds is 0. The van der Waals surface area contributed by atoms with Crippen LogP contribution in [0.4, 0.5) is 0 Å². The van der Waals surface area contributed by atoms with Gasteiger partial charge in [0.15, 0.2) is 0 Å². The average molecular weight is 103 g/mol. The second-order valence-corrected chi connectivity index (χ2v) is 0.0833. The predicted octanol–water partition coefficient (Wildman–Crippen LogP) is -0.586. The monoisotopic (exact) mass is 103 g/mol. The zero-order valence-electron chi connectivity index (χ0n) is 1.65. The molecule has 2 nitrogen and oxygen atoms in total. The van der Waals surface area contributed by atoms with Crippen molar-refractivity contribution in [1.82, 2.24) is 0 Å². The van der Waals surface area contributed by atoms with Crippen LogP contribution < -0.4 is 0 Å². The van der Waals surface area contributed by atoms with Crippen LogP contribution in [0.1, 0.15) is 0 Å². The van der Waals surface area contributed by atoms with Gasteiger partial charge in [-0.2, -0.15) is 9.59 Å². The zero-order chi connectivity index (χ0) is 2.71. The quantitative estimate of drug-likeness (QED) is 0.410. The second kappa shape index (κ2) is 13.1. The van der Waals surface area contributed by atoms with Crippen molar-refractivity contribution in [2.75, 3.05) is 0 Å². The Bertz CT molecular complexity index is 27.0. The fourth-order valence-electron chi connectivity index (χ4n) is 0. The van der Waals surface area contributed by atoms with E-state index in [1.54, 1.807) is 0 Å². The summed E-state index contributed by atoms with van der Waals surface area (Å²) in [5.41, 5.74) is 0. The maximum Gasteiger partial charge on any atom is 0.373 e. The molecule has 0 amide bonds. The van der Waals surface area contributed by atoms with Crippen molar-refractivity contribution in [3.05, 3.63) is 0 Å². The Kier molecular flexibility index (Phi) is 29.7. The third kappa shape index (κ3) is 115. The molecule has 0 atom stereocenters.